The summed E-state index contributed by atoms with van der Waals surface area (Å²) in [5.41, 5.74) is 1.12. The van der Waals surface area contributed by atoms with Gasteiger partial charge in [-0.15, -0.1) is 11.3 Å². The van der Waals surface area contributed by atoms with Gasteiger partial charge < -0.3 is 4.90 Å². The van der Waals surface area contributed by atoms with E-state index in [1.54, 1.807) is 34.1 Å². The lowest BCUT2D eigenvalue weighted by Gasteiger charge is -2.35. The van der Waals surface area contributed by atoms with Gasteiger partial charge >= 0.3 is 0 Å². The van der Waals surface area contributed by atoms with Gasteiger partial charge in [0, 0.05) is 26.2 Å². The summed E-state index contributed by atoms with van der Waals surface area (Å²) in [6, 6.07) is 9.30. The van der Waals surface area contributed by atoms with Crippen molar-refractivity contribution in [3.8, 4) is 0 Å². The van der Waals surface area contributed by atoms with E-state index in [4.69, 9.17) is 0 Å². The molecule has 0 spiro atoms. The van der Waals surface area contributed by atoms with Crippen LogP contribution >= 0.6 is 11.3 Å². The maximum absolute atomic E-state index is 13.0. The number of sulfonamides is 1. The highest BCUT2D eigenvalue weighted by Gasteiger charge is 2.29. The molecule has 0 saturated carbocycles. The lowest BCUT2D eigenvalue weighted by atomic mass is 9.87. The van der Waals surface area contributed by atoms with Crippen LogP contribution in [0.1, 0.15) is 26.3 Å². The molecule has 3 aromatic rings. The van der Waals surface area contributed by atoms with Gasteiger partial charge in [-0.25, -0.2) is 18.4 Å². The van der Waals surface area contributed by atoms with Crippen LogP contribution in [0.25, 0.3) is 10.2 Å². The molecule has 1 fully saturated rings. The van der Waals surface area contributed by atoms with Gasteiger partial charge in [-0.2, -0.15) is 4.31 Å². The van der Waals surface area contributed by atoms with Gasteiger partial charge in [0.25, 0.3) is 0 Å². The number of aromatic nitrogens is 2. The van der Waals surface area contributed by atoms with Crippen molar-refractivity contribution in [2.45, 2.75) is 31.1 Å². The van der Waals surface area contributed by atoms with Crippen molar-refractivity contribution in [2.75, 3.05) is 31.1 Å². The summed E-state index contributed by atoms with van der Waals surface area (Å²) in [5, 5.41) is 3.03. The monoisotopic (exact) mass is 416 g/mol. The van der Waals surface area contributed by atoms with Gasteiger partial charge in [-0.05, 0) is 34.6 Å². The molecule has 3 heterocycles. The minimum Gasteiger partial charge on any atom is -0.353 e. The number of hydrogen-bond donors (Lipinski definition) is 0. The van der Waals surface area contributed by atoms with Crippen molar-refractivity contribution < 1.29 is 8.42 Å². The Labute approximate surface area is 169 Å². The molecular weight excluding hydrogens is 392 g/mol. The molecule has 28 heavy (non-hydrogen) atoms. The third-order valence-electron chi connectivity index (χ3n) is 5.14. The second-order valence-corrected chi connectivity index (χ2v) is 10.8. The fraction of sp³-hybridized carbons (Fsp3) is 0.400. The first kappa shape index (κ1) is 19.3. The normalized spacial score (nSPS) is 16.6. The fourth-order valence-corrected chi connectivity index (χ4v) is 5.59. The van der Waals surface area contributed by atoms with Crippen LogP contribution in [0.2, 0.25) is 0 Å². The molecule has 1 aromatic carbocycles. The summed E-state index contributed by atoms with van der Waals surface area (Å²) in [7, 11) is -3.49. The first-order valence-electron chi connectivity index (χ1n) is 9.31. The molecule has 0 atom stereocenters. The zero-order valence-corrected chi connectivity index (χ0v) is 17.9. The quantitative estimate of drug-likeness (QED) is 0.654. The van der Waals surface area contributed by atoms with E-state index in [9.17, 15) is 8.42 Å². The van der Waals surface area contributed by atoms with E-state index in [2.05, 4.69) is 35.6 Å². The van der Waals surface area contributed by atoms with Gasteiger partial charge in [0.15, 0.2) is 0 Å². The average Bonchev–Trinajstić information content (AvgIpc) is 3.16. The second-order valence-electron chi connectivity index (χ2n) is 8.00. The molecule has 0 bridgehead atoms. The predicted octanol–water partition coefficient (Wildman–Crippen LogP) is 3.50. The first-order chi connectivity index (χ1) is 13.3. The topological polar surface area (TPSA) is 66.4 Å². The number of nitrogens with zero attached hydrogens (tertiary/aromatic N) is 4. The minimum absolute atomic E-state index is 0.00154. The Balaban J connectivity index is 1.50. The molecule has 0 amide bonds. The number of rotatable bonds is 3. The van der Waals surface area contributed by atoms with E-state index in [0.717, 1.165) is 21.6 Å². The number of fused-ring (bicyclic) bond motifs is 1. The Morgan fingerprint density at radius 3 is 2.29 bits per heavy atom. The van der Waals surface area contributed by atoms with Crippen molar-refractivity contribution in [1.29, 1.82) is 0 Å². The van der Waals surface area contributed by atoms with E-state index in [1.165, 1.54) is 0 Å². The molecule has 0 unspecified atom stereocenters. The molecule has 2 aromatic heterocycles. The highest BCUT2D eigenvalue weighted by Crippen LogP contribution is 2.29. The van der Waals surface area contributed by atoms with E-state index in [1.807, 2.05) is 23.6 Å². The average molecular weight is 417 g/mol. The molecule has 1 aliphatic rings. The summed E-state index contributed by atoms with van der Waals surface area (Å²) in [6.45, 7) is 8.47. The molecule has 0 aliphatic carbocycles. The molecule has 8 heteroatoms. The van der Waals surface area contributed by atoms with Gasteiger partial charge in [0.2, 0.25) is 10.0 Å². The van der Waals surface area contributed by atoms with Crippen LogP contribution in [0.4, 0.5) is 5.82 Å². The van der Waals surface area contributed by atoms with Crippen LogP contribution in [-0.4, -0.2) is 48.9 Å². The zero-order valence-electron chi connectivity index (χ0n) is 16.3. The maximum Gasteiger partial charge on any atom is 0.243 e. The van der Waals surface area contributed by atoms with Crippen LogP contribution in [0.5, 0.6) is 0 Å². The Bertz CT molecular complexity index is 1080. The maximum atomic E-state index is 13.0. The second kappa shape index (κ2) is 7.09. The standard InChI is InChI=1S/C20H24N4O2S2/c1-20(2,3)15-4-6-16(7-5-15)28(25,26)24-11-9-23(10-12-24)18-17-8-13-27-19(17)22-14-21-18/h4-8,13-14H,9-12H2,1-3H3. The summed E-state index contributed by atoms with van der Waals surface area (Å²) in [5.74, 6) is 0.887. The molecule has 1 saturated heterocycles. The summed E-state index contributed by atoms with van der Waals surface area (Å²) in [6.07, 6.45) is 1.58. The highest BCUT2D eigenvalue weighted by atomic mass is 32.2. The minimum atomic E-state index is -3.49. The van der Waals surface area contributed by atoms with Crippen molar-refractivity contribution >= 4 is 37.4 Å². The largest absolute Gasteiger partial charge is 0.353 e. The zero-order chi connectivity index (χ0) is 19.9. The molecule has 0 N–H and O–H groups in total. The van der Waals surface area contributed by atoms with Crippen LogP contribution in [0.3, 0.4) is 0 Å². The van der Waals surface area contributed by atoms with E-state index >= 15 is 0 Å². The lowest BCUT2D eigenvalue weighted by Crippen LogP contribution is -2.49. The number of piperazine rings is 1. The predicted molar refractivity (Wildman–Crippen MR) is 114 cm³/mol. The molecule has 6 nitrogen and oxygen atoms in total. The van der Waals surface area contributed by atoms with Crippen molar-refractivity contribution in [1.82, 2.24) is 14.3 Å². The van der Waals surface area contributed by atoms with Crippen LogP contribution < -0.4 is 4.90 Å². The lowest BCUT2D eigenvalue weighted by molar-refractivity contribution is 0.384. The third-order valence-corrected chi connectivity index (χ3v) is 7.87. The molecular formula is C20H24N4O2S2. The van der Waals surface area contributed by atoms with Crippen LogP contribution in [0, 0.1) is 0 Å². The number of thiophene rings is 1. The van der Waals surface area contributed by atoms with Crippen molar-refractivity contribution in [2.24, 2.45) is 0 Å². The number of hydrogen-bond acceptors (Lipinski definition) is 6. The highest BCUT2D eigenvalue weighted by molar-refractivity contribution is 7.89. The summed E-state index contributed by atoms with van der Waals surface area (Å²) in [4.78, 5) is 12.2. The van der Waals surface area contributed by atoms with E-state index in [-0.39, 0.29) is 5.41 Å². The number of anilines is 1. The van der Waals surface area contributed by atoms with E-state index < -0.39 is 10.0 Å². The third kappa shape index (κ3) is 3.52. The first-order valence-corrected chi connectivity index (χ1v) is 11.6. The van der Waals surface area contributed by atoms with Gasteiger partial charge in [0.1, 0.15) is 17.0 Å². The van der Waals surface area contributed by atoms with Crippen molar-refractivity contribution in [3.05, 3.63) is 47.6 Å². The molecule has 148 valence electrons. The van der Waals surface area contributed by atoms with Gasteiger partial charge in [-0.1, -0.05) is 32.9 Å². The SMILES string of the molecule is CC(C)(C)c1ccc(S(=O)(=O)N2CCN(c3ncnc4sccc34)CC2)cc1. The van der Waals surface area contributed by atoms with Gasteiger partial charge in [0.05, 0.1) is 10.3 Å². The van der Waals surface area contributed by atoms with Crippen LogP contribution in [0.15, 0.2) is 46.9 Å². The Morgan fingerprint density at radius 1 is 0.964 bits per heavy atom. The summed E-state index contributed by atoms with van der Waals surface area (Å²) >= 11 is 1.59. The fourth-order valence-electron chi connectivity index (χ4n) is 3.45. The van der Waals surface area contributed by atoms with Crippen molar-refractivity contribution in [3.63, 3.8) is 0 Å². The van der Waals surface area contributed by atoms with Gasteiger partial charge in [-0.3, -0.25) is 0 Å². The summed E-state index contributed by atoms with van der Waals surface area (Å²) < 4.78 is 27.7. The Morgan fingerprint density at radius 2 is 1.64 bits per heavy atom. The Kier molecular flexibility index (Phi) is 4.89. The number of benzene rings is 1. The van der Waals surface area contributed by atoms with E-state index in [0.29, 0.717) is 31.1 Å². The smallest absolute Gasteiger partial charge is 0.243 e. The molecule has 4 rings (SSSR count). The Hall–Kier alpha value is -2.03. The molecule has 0 radical (unpaired) electrons. The molecule has 1 aliphatic heterocycles. The van der Waals surface area contributed by atoms with Crippen LogP contribution in [-0.2, 0) is 15.4 Å².